The number of carbonyl (C=O) groups excluding carboxylic acids is 1. The van der Waals surface area contributed by atoms with E-state index in [1.54, 1.807) is 13.8 Å². The van der Waals surface area contributed by atoms with Crippen LogP contribution in [0.3, 0.4) is 0 Å². The molecule has 0 aromatic carbocycles. The average molecular weight is 216 g/mol. The van der Waals surface area contributed by atoms with E-state index in [2.05, 4.69) is 5.32 Å². The molecule has 15 heavy (non-hydrogen) atoms. The van der Waals surface area contributed by atoms with Crippen molar-refractivity contribution in [3.8, 4) is 0 Å². The average Bonchev–Trinajstić information content (AvgIpc) is 2.13. The molecule has 4 N–H and O–H groups in total. The standard InChI is InChI=1S/C10H20N2O3/c1-4-7(11)9(15)12-10(2,3)6-5-8(13)14/h7H,4-6,11H2,1-3H3,(H,12,15)(H,13,14)/t7-/m1/s1. The predicted octanol–water partition coefficient (Wildman–Crippen LogP) is 0.483. The van der Waals surface area contributed by atoms with Gasteiger partial charge in [0.1, 0.15) is 0 Å². The zero-order chi connectivity index (χ0) is 12.1. The third-order valence-corrected chi connectivity index (χ3v) is 2.20. The van der Waals surface area contributed by atoms with Crippen LogP contribution in [0.15, 0.2) is 0 Å². The molecular formula is C10H20N2O3. The molecule has 0 bridgehead atoms. The van der Waals surface area contributed by atoms with Crippen LogP contribution in [-0.2, 0) is 9.59 Å². The van der Waals surface area contributed by atoms with Crippen LogP contribution in [0.25, 0.3) is 0 Å². The van der Waals surface area contributed by atoms with Crippen molar-refractivity contribution in [3.63, 3.8) is 0 Å². The van der Waals surface area contributed by atoms with Crippen molar-refractivity contribution in [3.05, 3.63) is 0 Å². The Kier molecular flexibility index (Phi) is 5.28. The number of carbonyl (C=O) groups is 2. The lowest BCUT2D eigenvalue weighted by Gasteiger charge is -2.27. The quantitative estimate of drug-likeness (QED) is 0.602. The molecule has 0 aromatic rings. The molecule has 0 saturated carbocycles. The maximum absolute atomic E-state index is 11.5. The molecule has 0 spiro atoms. The van der Waals surface area contributed by atoms with E-state index in [4.69, 9.17) is 10.8 Å². The smallest absolute Gasteiger partial charge is 0.303 e. The number of hydrogen-bond donors (Lipinski definition) is 3. The van der Waals surface area contributed by atoms with Gasteiger partial charge in [0.25, 0.3) is 0 Å². The van der Waals surface area contributed by atoms with Crippen molar-refractivity contribution in [2.24, 2.45) is 5.73 Å². The lowest BCUT2D eigenvalue weighted by Crippen LogP contribution is -2.50. The first-order valence-electron chi connectivity index (χ1n) is 5.08. The predicted molar refractivity (Wildman–Crippen MR) is 57.4 cm³/mol. The Balaban J connectivity index is 4.12. The summed E-state index contributed by atoms with van der Waals surface area (Å²) in [5.74, 6) is -1.09. The van der Waals surface area contributed by atoms with Gasteiger partial charge in [-0.3, -0.25) is 9.59 Å². The van der Waals surface area contributed by atoms with E-state index in [1.165, 1.54) is 0 Å². The fourth-order valence-electron chi connectivity index (χ4n) is 1.09. The third kappa shape index (κ3) is 6.06. The second-order valence-corrected chi connectivity index (χ2v) is 4.28. The minimum atomic E-state index is -0.864. The summed E-state index contributed by atoms with van der Waals surface area (Å²) in [6.45, 7) is 5.40. The molecular weight excluding hydrogens is 196 g/mol. The number of nitrogens with two attached hydrogens (primary N) is 1. The van der Waals surface area contributed by atoms with Gasteiger partial charge in [0.2, 0.25) is 5.91 Å². The van der Waals surface area contributed by atoms with Gasteiger partial charge >= 0.3 is 5.97 Å². The van der Waals surface area contributed by atoms with Crippen LogP contribution in [0.2, 0.25) is 0 Å². The monoisotopic (exact) mass is 216 g/mol. The highest BCUT2D eigenvalue weighted by atomic mass is 16.4. The van der Waals surface area contributed by atoms with Gasteiger partial charge in [0.05, 0.1) is 6.04 Å². The van der Waals surface area contributed by atoms with Crippen LogP contribution >= 0.6 is 0 Å². The highest BCUT2D eigenvalue weighted by Gasteiger charge is 2.23. The van der Waals surface area contributed by atoms with Crippen molar-refractivity contribution in [2.75, 3.05) is 0 Å². The van der Waals surface area contributed by atoms with Gasteiger partial charge in [0.15, 0.2) is 0 Å². The SMILES string of the molecule is CC[C@@H](N)C(=O)NC(C)(C)CCC(=O)O. The molecule has 5 heteroatoms. The number of rotatable bonds is 6. The van der Waals surface area contributed by atoms with E-state index in [-0.39, 0.29) is 12.3 Å². The Bertz CT molecular complexity index is 239. The number of aliphatic carboxylic acids is 1. The van der Waals surface area contributed by atoms with E-state index in [0.29, 0.717) is 12.8 Å². The second kappa shape index (κ2) is 5.70. The summed E-state index contributed by atoms with van der Waals surface area (Å²) < 4.78 is 0. The summed E-state index contributed by atoms with van der Waals surface area (Å²) in [6.07, 6.45) is 1.000. The highest BCUT2D eigenvalue weighted by molar-refractivity contribution is 5.82. The van der Waals surface area contributed by atoms with Gasteiger partial charge in [-0.15, -0.1) is 0 Å². The van der Waals surface area contributed by atoms with Crippen LogP contribution in [0.4, 0.5) is 0 Å². The molecule has 0 rings (SSSR count). The summed E-state index contributed by atoms with van der Waals surface area (Å²) in [4.78, 5) is 21.8. The molecule has 5 nitrogen and oxygen atoms in total. The van der Waals surface area contributed by atoms with Crippen LogP contribution in [0.1, 0.15) is 40.0 Å². The largest absolute Gasteiger partial charge is 0.481 e. The Labute approximate surface area is 90.0 Å². The molecule has 0 aliphatic rings. The molecule has 0 aromatic heterocycles. The number of hydrogen-bond acceptors (Lipinski definition) is 3. The topological polar surface area (TPSA) is 92.4 Å². The Morgan fingerprint density at radius 3 is 2.40 bits per heavy atom. The molecule has 88 valence electrons. The van der Waals surface area contributed by atoms with Crippen LogP contribution in [0.5, 0.6) is 0 Å². The zero-order valence-electron chi connectivity index (χ0n) is 9.54. The van der Waals surface area contributed by atoms with Gasteiger partial charge in [-0.05, 0) is 26.7 Å². The molecule has 0 aliphatic carbocycles. The zero-order valence-corrected chi connectivity index (χ0v) is 9.54. The summed E-state index contributed by atoms with van der Waals surface area (Å²) in [7, 11) is 0. The molecule has 0 heterocycles. The van der Waals surface area contributed by atoms with Gasteiger partial charge in [0, 0.05) is 12.0 Å². The van der Waals surface area contributed by atoms with E-state index in [9.17, 15) is 9.59 Å². The summed E-state index contributed by atoms with van der Waals surface area (Å²) in [5.41, 5.74) is 5.03. The number of carboxylic acid groups (broad SMARTS) is 1. The fraction of sp³-hybridized carbons (Fsp3) is 0.800. The van der Waals surface area contributed by atoms with Crippen molar-refractivity contribution in [2.45, 2.75) is 51.6 Å². The Morgan fingerprint density at radius 1 is 1.47 bits per heavy atom. The minimum absolute atomic E-state index is 0.0364. The molecule has 0 fully saturated rings. The number of carboxylic acids is 1. The lowest BCUT2D eigenvalue weighted by atomic mass is 9.97. The number of amides is 1. The minimum Gasteiger partial charge on any atom is -0.481 e. The van der Waals surface area contributed by atoms with Crippen LogP contribution in [0, 0.1) is 0 Å². The van der Waals surface area contributed by atoms with Crippen molar-refractivity contribution in [1.82, 2.24) is 5.32 Å². The third-order valence-electron chi connectivity index (χ3n) is 2.20. The van der Waals surface area contributed by atoms with Crippen molar-refractivity contribution < 1.29 is 14.7 Å². The summed E-state index contributed by atoms with van der Waals surface area (Å²) in [5, 5.41) is 11.3. The van der Waals surface area contributed by atoms with Gasteiger partial charge in [-0.1, -0.05) is 6.92 Å². The maximum Gasteiger partial charge on any atom is 0.303 e. The first-order chi connectivity index (χ1) is 6.78. The van der Waals surface area contributed by atoms with E-state index in [0.717, 1.165) is 0 Å². The van der Waals surface area contributed by atoms with Crippen molar-refractivity contribution >= 4 is 11.9 Å². The first kappa shape index (κ1) is 13.9. The van der Waals surface area contributed by atoms with Crippen molar-refractivity contribution in [1.29, 1.82) is 0 Å². The second-order valence-electron chi connectivity index (χ2n) is 4.28. The Hall–Kier alpha value is -1.10. The summed E-state index contributed by atoms with van der Waals surface area (Å²) >= 11 is 0. The number of nitrogens with one attached hydrogen (secondary N) is 1. The molecule has 1 amide bonds. The van der Waals surface area contributed by atoms with Gasteiger partial charge in [-0.2, -0.15) is 0 Å². The van der Waals surface area contributed by atoms with Crippen LogP contribution in [-0.4, -0.2) is 28.6 Å². The summed E-state index contributed by atoms with van der Waals surface area (Å²) in [6, 6.07) is -0.519. The normalized spacial score (nSPS) is 13.3. The van der Waals surface area contributed by atoms with E-state index < -0.39 is 17.6 Å². The maximum atomic E-state index is 11.5. The van der Waals surface area contributed by atoms with Gasteiger partial charge < -0.3 is 16.2 Å². The van der Waals surface area contributed by atoms with E-state index in [1.807, 2.05) is 6.92 Å². The molecule has 0 unspecified atom stereocenters. The Morgan fingerprint density at radius 2 is 2.00 bits per heavy atom. The van der Waals surface area contributed by atoms with E-state index >= 15 is 0 Å². The van der Waals surface area contributed by atoms with Crippen LogP contribution < -0.4 is 11.1 Å². The molecule has 0 radical (unpaired) electrons. The fourth-order valence-corrected chi connectivity index (χ4v) is 1.09. The first-order valence-corrected chi connectivity index (χ1v) is 5.08. The molecule has 1 atom stereocenters. The molecule has 0 aliphatic heterocycles. The molecule has 0 saturated heterocycles. The lowest BCUT2D eigenvalue weighted by molar-refractivity contribution is -0.137. The van der Waals surface area contributed by atoms with Gasteiger partial charge in [-0.25, -0.2) is 0 Å². The highest BCUT2D eigenvalue weighted by Crippen LogP contribution is 2.11.